The summed E-state index contributed by atoms with van der Waals surface area (Å²) in [5.74, 6) is 1.15. The standard InChI is InChI=1S/C12H26N4/c1-4-16(11-5-6-11)8-7-14-12(13)15-9-10(2)3/h10-11H,4-9H2,1-3H3,(H3,13,14,15). The number of likely N-dealkylation sites (N-methyl/N-ethyl adjacent to an activating group) is 1. The van der Waals surface area contributed by atoms with Crippen LogP contribution in [0.1, 0.15) is 33.6 Å². The van der Waals surface area contributed by atoms with E-state index in [0.29, 0.717) is 11.9 Å². The van der Waals surface area contributed by atoms with Crippen LogP contribution in [0.15, 0.2) is 4.99 Å². The van der Waals surface area contributed by atoms with E-state index in [4.69, 9.17) is 5.73 Å². The van der Waals surface area contributed by atoms with Gasteiger partial charge in [-0.05, 0) is 25.3 Å². The summed E-state index contributed by atoms with van der Waals surface area (Å²) in [6.45, 7) is 10.4. The van der Waals surface area contributed by atoms with Gasteiger partial charge in [-0.3, -0.25) is 9.89 Å². The highest BCUT2D eigenvalue weighted by Gasteiger charge is 2.26. The Morgan fingerprint density at radius 1 is 1.50 bits per heavy atom. The molecule has 4 nitrogen and oxygen atoms in total. The second-order valence-electron chi connectivity index (χ2n) is 4.91. The van der Waals surface area contributed by atoms with E-state index in [1.54, 1.807) is 0 Å². The van der Waals surface area contributed by atoms with Gasteiger partial charge in [0.1, 0.15) is 0 Å². The van der Waals surface area contributed by atoms with Gasteiger partial charge in [-0.15, -0.1) is 0 Å². The van der Waals surface area contributed by atoms with Crippen LogP contribution in [0.3, 0.4) is 0 Å². The highest BCUT2D eigenvalue weighted by atomic mass is 15.2. The van der Waals surface area contributed by atoms with E-state index in [1.807, 2.05) is 0 Å². The number of hydrogen-bond donors (Lipinski definition) is 2. The molecule has 4 heteroatoms. The van der Waals surface area contributed by atoms with Gasteiger partial charge in [0, 0.05) is 25.7 Å². The van der Waals surface area contributed by atoms with Crippen molar-refractivity contribution in [2.45, 2.75) is 39.7 Å². The zero-order valence-electron chi connectivity index (χ0n) is 10.9. The number of guanidine groups is 1. The van der Waals surface area contributed by atoms with Gasteiger partial charge < -0.3 is 11.1 Å². The summed E-state index contributed by atoms with van der Waals surface area (Å²) in [7, 11) is 0. The van der Waals surface area contributed by atoms with E-state index in [-0.39, 0.29) is 0 Å². The molecule has 0 amide bonds. The van der Waals surface area contributed by atoms with Crippen molar-refractivity contribution in [2.75, 3.05) is 26.2 Å². The van der Waals surface area contributed by atoms with E-state index in [2.05, 4.69) is 36.0 Å². The maximum absolute atomic E-state index is 5.76. The third-order valence-electron chi connectivity index (χ3n) is 2.80. The number of aliphatic imine (C=N–C) groups is 1. The normalized spacial score (nSPS) is 17.2. The summed E-state index contributed by atoms with van der Waals surface area (Å²) in [5, 5.41) is 3.17. The van der Waals surface area contributed by atoms with Gasteiger partial charge in [0.05, 0.1) is 0 Å². The lowest BCUT2D eigenvalue weighted by molar-refractivity contribution is 0.282. The molecule has 0 aromatic carbocycles. The maximum atomic E-state index is 5.76. The van der Waals surface area contributed by atoms with E-state index in [9.17, 15) is 0 Å². The van der Waals surface area contributed by atoms with Gasteiger partial charge in [-0.25, -0.2) is 0 Å². The molecule has 1 aliphatic carbocycles. The molecule has 1 saturated carbocycles. The maximum Gasteiger partial charge on any atom is 0.188 e. The molecule has 0 spiro atoms. The topological polar surface area (TPSA) is 53.6 Å². The fraction of sp³-hybridized carbons (Fsp3) is 0.917. The van der Waals surface area contributed by atoms with Gasteiger partial charge in [0.15, 0.2) is 5.96 Å². The van der Waals surface area contributed by atoms with Crippen molar-refractivity contribution >= 4 is 5.96 Å². The molecule has 1 aliphatic rings. The molecule has 0 unspecified atom stereocenters. The van der Waals surface area contributed by atoms with E-state index >= 15 is 0 Å². The first-order chi connectivity index (χ1) is 7.63. The zero-order chi connectivity index (χ0) is 12.0. The Labute approximate surface area is 99.3 Å². The van der Waals surface area contributed by atoms with Crippen LogP contribution in [0.25, 0.3) is 0 Å². The summed E-state index contributed by atoms with van der Waals surface area (Å²) < 4.78 is 0. The van der Waals surface area contributed by atoms with Crippen LogP contribution in [0.4, 0.5) is 0 Å². The molecular weight excluding hydrogens is 200 g/mol. The molecule has 16 heavy (non-hydrogen) atoms. The van der Waals surface area contributed by atoms with Gasteiger partial charge in [-0.1, -0.05) is 20.8 Å². The van der Waals surface area contributed by atoms with Crippen molar-refractivity contribution in [3.63, 3.8) is 0 Å². The van der Waals surface area contributed by atoms with Crippen molar-refractivity contribution < 1.29 is 0 Å². The quantitative estimate of drug-likeness (QED) is 0.503. The highest BCUT2D eigenvalue weighted by Crippen LogP contribution is 2.25. The minimum Gasteiger partial charge on any atom is -0.370 e. The lowest BCUT2D eigenvalue weighted by Crippen LogP contribution is -2.39. The molecule has 0 radical (unpaired) electrons. The monoisotopic (exact) mass is 226 g/mol. The molecule has 0 heterocycles. The van der Waals surface area contributed by atoms with Gasteiger partial charge >= 0.3 is 0 Å². The van der Waals surface area contributed by atoms with Crippen LogP contribution in [0, 0.1) is 5.92 Å². The van der Waals surface area contributed by atoms with E-state index in [1.165, 1.54) is 12.8 Å². The van der Waals surface area contributed by atoms with Crippen LogP contribution in [0.5, 0.6) is 0 Å². The van der Waals surface area contributed by atoms with Gasteiger partial charge in [0.25, 0.3) is 0 Å². The predicted molar refractivity (Wildman–Crippen MR) is 69.6 cm³/mol. The number of hydrogen-bond acceptors (Lipinski definition) is 2. The average molecular weight is 226 g/mol. The molecule has 0 atom stereocenters. The minimum atomic E-state index is 0.568. The number of nitrogens with one attached hydrogen (secondary N) is 1. The average Bonchev–Trinajstić information content (AvgIpc) is 3.05. The summed E-state index contributed by atoms with van der Waals surface area (Å²) in [5.41, 5.74) is 5.76. The first-order valence-corrected chi connectivity index (χ1v) is 6.41. The van der Waals surface area contributed by atoms with Crippen molar-refractivity contribution in [3.8, 4) is 0 Å². The van der Waals surface area contributed by atoms with Crippen LogP contribution < -0.4 is 11.1 Å². The van der Waals surface area contributed by atoms with Crippen LogP contribution in [-0.2, 0) is 0 Å². The molecular formula is C12H26N4. The SMILES string of the molecule is CCN(CCNC(N)=NCC(C)C)C1CC1. The second-order valence-corrected chi connectivity index (χ2v) is 4.91. The highest BCUT2D eigenvalue weighted by molar-refractivity contribution is 5.77. The Hall–Kier alpha value is -0.770. The molecule has 1 rings (SSSR count). The Balaban J connectivity index is 2.11. The summed E-state index contributed by atoms with van der Waals surface area (Å²) >= 11 is 0. The fourth-order valence-corrected chi connectivity index (χ4v) is 1.70. The molecule has 1 fully saturated rings. The van der Waals surface area contributed by atoms with Crippen LogP contribution >= 0.6 is 0 Å². The summed E-state index contributed by atoms with van der Waals surface area (Å²) in [6, 6.07) is 0.834. The molecule has 0 aliphatic heterocycles. The van der Waals surface area contributed by atoms with Crippen LogP contribution in [0.2, 0.25) is 0 Å². The molecule has 0 saturated heterocycles. The Kier molecular flexibility index (Phi) is 5.60. The molecule has 0 aromatic heterocycles. The van der Waals surface area contributed by atoms with Crippen molar-refractivity contribution in [3.05, 3.63) is 0 Å². The number of rotatable bonds is 7. The summed E-state index contributed by atoms with van der Waals surface area (Å²) in [6.07, 6.45) is 2.73. The molecule has 94 valence electrons. The first-order valence-electron chi connectivity index (χ1n) is 6.41. The van der Waals surface area contributed by atoms with E-state index in [0.717, 1.165) is 32.2 Å². The summed E-state index contributed by atoms with van der Waals surface area (Å²) in [4.78, 5) is 6.77. The molecule has 0 aromatic rings. The zero-order valence-corrected chi connectivity index (χ0v) is 10.9. The van der Waals surface area contributed by atoms with Crippen molar-refractivity contribution in [1.29, 1.82) is 0 Å². The molecule has 0 bridgehead atoms. The third kappa shape index (κ3) is 5.35. The Morgan fingerprint density at radius 3 is 2.69 bits per heavy atom. The lowest BCUT2D eigenvalue weighted by Gasteiger charge is -2.19. The first kappa shape index (κ1) is 13.3. The predicted octanol–water partition coefficient (Wildman–Crippen LogP) is 1.03. The minimum absolute atomic E-state index is 0.568. The number of nitrogens with zero attached hydrogens (tertiary/aromatic N) is 2. The van der Waals surface area contributed by atoms with Crippen molar-refractivity contribution in [2.24, 2.45) is 16.6 Å². The largest absolute Gasteiger partial charge is 0.370 e. The van der Waals surface area contributed by atoms with Gasteiger partial charge in [-0.2, -0.15) is 0 Å². The Bertz CT molecular complexity index is 221. The lowest BCUT2D eigenvalue weighted by atomic mass is 10.2. The molecule has 3 N–H and O–H groups in total. The number of nitrogens with two attached hydrogens (primary N) is 1. The van der Waals surface area contributed by atoms with Gasteiger partial charge in [0.2, 0.25) is 0 Å². The van der Waals surface area contributed by atoms with Crippen LogP contribution in [-0.4, -0.2) is 43.1 Å². The van der Waals surface area contributed by atoms with Crippen molar-refractivity contribution in [1.82, 2.24) is 10.2 Å². The second kappa shape index (κ2) is 6.74. The Morgan fingerprint density at radius 2 is 2.19 bits per heavy atom. The smallest absolute Gasteiger partial charge is 0.188 e. The van der Waals surface area contributed by atoms with E-state index < -0.39 is 0 Å². The fourth-order valence-electron chi connectivity index (χ4n) is 1.70. The third-order valence-corrected chi connectivity index (χ3v) is 2.80.